The third-order valence-corrected chi connectivity index (χ3v) is 2.19. The van der Waals surface area contributed by atoms with Gasteiger partial charge < -0.3 is 5.11 Å². The van der Waals surface area contributed by atoms with E-state index < -0.39 is 0 Å². The van der Waals surface area contributed by atoms with Gasteiger partial charge in [-0.25, -0.2) is 0 Å². The van der Waals surface area contributed by atoms with Gasteiger partial charge in [0.15, 0.2) is 0 Å². The summed E-state index contributed by atoms with van der Waals surface area (Å²) in [4.78, 5) is 0. The van der Waals surface area contributed by atoms with Crippen molar-refractivity contribution >= 4 is 0 Å². The number of rotatable bonds is 1. The van der Waals surface area contributed by atoms with Gasteiger partial charge in [0, 0.05) is 0 Å². The van der Waals surface area contributed by atoms with Crippen molar-refractivity contribution in [2.45, 2.75) is 32.6 Å². The van der Waals surface area contributed by atoms with Gasteiger partial charge in [-0.05, 0) is 24.7 Å². The summed E-state index contributed by atoms with van der Waals surface area (Å²) in [6, 6.07) is 0. The van der Waals surface area contributed by atoms with E-state index in [1.54, 1.807) is 0 Å². The van der Waals surface area contributed by atoms with Crippen LogP contribution in [0.4, 0.5) is 0 Å². The Labute approximate surface area is 57.1 Å². The molecule has 1 rings (SSSR count). The van der Waals surface area contributed by atoms with Gasteiger partial charge in [0.2, 0.25) is 0 Å². The van der Waals surface area contributed by atoms with E-state index in [0.717, 1.165) is 5.92 Å². The molecule has 1 aliphatic carbocycles. The predicted octanol–water partition coefficient (Wildman–Crippen LogP) is 2.35. The van der Waals surface area contributed by atoms with Gasteiger partial charge >= 0.3 is 0 Å². The van der Waals surface area contributed by atoms with Gasteiger partial charge in [0.05, 0.1) is 6.61 Å². The zero-order valence-corrected chi connectivity index (χ0v) is 6.01. The van der Waals surface area contributed by atoms with Crippen molar-refractivity contribution in [3.63, 3.8) is 0 Å². The van der Waals surface area contributed by atoms with Crippen molar-refractivity contribution in [2.24, 2.45) is 11.8 Å². The largest absolute Gasteiger partial charge is 0.390 e. The van der Waals surface area contributed by atoms with Crippen LogP contribution in [0.1, 0.15) is 32.6 Å². The molecule has 53 valence electrons. The first-order chi connectivity index (χ1) is 4.33. The Hall–Kier alpha value is -0.0400. The summed E-state index contributed by atoms with van der Waals surface area (Å²) in [5.74, 6) is 1.32. The molecule has 0 heterocycles. The summed E-state index contributed by atoms with van der Waals surface area (Å²) in [6.07, 6.45) is 5.03. The summed E-state index contributed by atoms with van der Waals surface area (Å²) >= 11 is 0. The van der Waals surface area contributed by atoms with E-state index in [9.17, 15) is 0 Å². The fourth-order valence-electron chi connectivity index (χ4n) is 1.62. The van der Waals surface area contributed by atoms with E-state index in [-0.39, 0.29) is 0 Å². The van der Waals surface area contributed by atoms with Crippen LogP contribution in [0.25, 0.3) is 0 Å². The van der Waals surface area contributed by atoms with Crippen LogP contribution >= 0.6 is 0 Å². The highest BCUT2D eigenvalue weighted by Gasteiger charge is 2.17. The molecule has 1 heteroatoms. The van der Waals surface area contributed by atoms with Crippen molar-refractivity contribution in [2.75, 3.05) is 0 Å². The molecule has 0 aromatic carbocycles. The minimum atomic E-state index is 0.494. The number of aliphatic hydroxyl groups excluding tert-OH is 1. The predicted molar refractivity (Wildman–Crippen MR) is 37.4 cm³/mol. The molecule has 1 aliphatic rings. The molecule has 1 fully saturated rings. The Morgan fingerprint density at radius 2 is 2.22 bits per heavy atom. The van der Waals surface area contributed by atoms with Gasteiger partial charge in [-0.3, -0.25) is 0 Å². The monoisotopic (exact) mass is 127 g/mol. The standard InChI is InChI=1S/C8H15O/c1-7-3-2-4-8(5-7)6-9/h6-9H,2-5H2,1H3. The quantitative estimate of drug-likeness (QED) is 0.573. The van der Waals surface area contributed by atoms with Crippen LogP contribution < -0.4 is 0 Å². The van der Waals surface area contributed by atoms with E-state index in [4.69, 9.17) is 5.11 Å². The molecule has 0 aliphatic heterocycles. The fourth-order valence-corrected chi connectivity index (χ4v) is 1.62. The Kier molecular flexibility index (Phi) is 2.52. The minimum Gasteiger partial charge on any atom is -0.390 e. The van der Waals surface area contributed by atoms with Gasteiger partial charge in [-0.15, -0.1) is 0 Å². The van der Waals surface area contributed by atoms with E-state index >= 15 is 0 Å². The van der Waals surface area contributed by atoms with Crippen LogP contribution in [0.2, 0.25) is 0 Å². The Morgan fingerprint density at radius 3 is 2.67 bits per heavy atom. The van der Waals surface area contributed by atoms with Crippen LogP contribution in [0.15, 0.2) is 0 Å². The molecule has 0 aromatic heterocycles. The van der Waals surface area contributed by atoms with E-state index in [1.165, 1.54) is 32.3 Å². The van der Waals surface area contributed by atoms with Crippen molar-refractivity contribution < 1.29 is 5.11 Å². The van der Waals surface area contributed by atoms with Gasteiger partial charge in [0.25, 0.3) is 0 Å². The average Bonchev–Trinajstić information content (AvgIpc) is 1.88. The molecule has 2 atom stereocenters. The molecule has 1 saturated carbocycles. The maximum atomic E-state index is 8.68. The summed E-state index contributed by atoms with van der Waals surface area (Å²) in [5, 5.41) is 8.68. The van der Waals surface area contributed by atoms with Crippen LogP contribution in [0, 0.1) is 18.4 Å². The Bertz CT molecular complexity index is 80.6. The summed E-state index contributed by atoms with van der Waals surface area (Å²) in [7, 11) is 0. The highest BCUT2D eigenvalue weighted by Crippen LogP contribution is 2.29. The smallest absolute Gasteiger partial charge is 0.0830 e. The second kappa shape index (κ2) is 3.21. The molecular weight excluding hydrogens is 112 g/mol. The second-order valence-electron chi connectivity index (χ2n) is 3.18. The van der Waals surface area contributed by atoms with E-state index in [2.05, 4.69) is 6.92 Å². The normalized spacial score (nSPS) is 36.7. The first-order valence-electron chi connectivity index (χ1n) is 3.80. The third-order valence-electron chi connectivity index (χ3n) is 2.19. The van der Waals surface area contributed by atoms with E-state index in [1.807, 2.05) is 0 Å². The lowest BCUT2D eigenvalue weighted by Gasteiger charge is -2.24. The average molecular weight is 127 g/mol. The molecule has 1 radical (unpaired) electrons. The third kappa shape index (κ3) is 1.98. The lowest BCUT2D eigenvalue weighted by atomic mass is 9.83. The highest BCUT2D eigenvalue weighted by atomic mass is 16.3. The summed E-state index contributed by atoms with van der Waals surface area (Å²) in [5.41, 5.74) is 0. The van der Waals surface area contributed by atoms with E-state index in [0.29, 0.717) is 5.92 Å². The second-order valence-corrected chi connectivity index (χ2v) is 3.18. The molecule has 9 heavy (non-hydrogen) atoms. The molecular formula is C8H15O. The van der Waals surface area contributed by atoms with Gasteiger partial charge in [-0.2, -0.15) is 0 Å². The first kappa shape index (κ1) is 7.07. The zero-order chi connectivity index (χ0) is 6.69. The van der Waals surface area contributed by atoms with Crippen LogP contribution in [-0.4, -0.2) is 5.11 Å². The topological polar surface area (TPSA) is 20.2 Å². The van der Waals surface area contributed by atoms with Crippen LogP contribution in [0.3, 0.4) is 0 Å². The minimum absolute atomic E-state index is 0.494. The van der Waals surface area contributed by atoms with Crippen molar-refractivity contribution in [3.8, 4) is 0 Å². The maximum Gasteiger partial charge on any atom is 0.0830 e. The van der Waals surface area contributed by atoms with Gasteiger partial charge in [-0.1, -0.05) is 19.8 Å². The maximum absolute atomic E-state index is 8.68. The van der Waals surface area contributed by atoms with Crippen molar-refractivity contribution in [3.05, 3.63) is 6.61 Å². The number of aliphatic hydroxyl groups is 1. The zero-order valence-electron chi connectivity index (χ0n) is 6.01. The van der Waals surface area contributed by atoms with Crippen LogP contribution in [-0.2, 0) is 0 Å². The van der Waals surface area contributed by atoms with Crippen LogP contribution in [0.5, 0.6) is 0 Å². The molecule has 1 N–H and O–H groups in total. The molecule has 2 unspecified atom stereocenters. The molecule has 0 aromatic rings. The lowest BCUT2D eigenvalue weighted by Crippen LogP contribution is -2.13. The summed E-state index contributed by atoms with van der Waals surface area (Å²) in [6.45, 7) is 3.63. The molecule has 0 amide bonds. The molecule has 1 nitrogen and oxygen atoms in total. The van der Waals surface area contributed by atoms with Crippen molar-refractivity contribution in [1.82, 2.24) is 0 Å². The molecule has 0 spiro atoms. The lowest BCUT2D eigenvalue weighted by molar-refractivity contribution is 0.228. The fraction of sp³-hybridized carbons (Fsp3) is 0.875. The molecule has 0 bridgehead atoms. The summed E-state index contributed by atoms with van der Waals surface area (Å²) < 4.78 is 0. The Balaban J connectivity index is 2.23. The first-order valence-corrected chi connectivity index (χ1v) is 3.80. The highest BCUT2D eigenvalue weighted by molar-refractivity contribution is 4.74. The number of hydrogen-bond donors (Lipinski definition) is 1. The number of hydrogen-bond acceptors (Lipinski definition) is 1. The SMILES string of the molecule is CC1CCCC([CH]O)C1. The Morgan fingerprint density at radius 1 is 1.44 bits per heavy atom. The van der Waals surface area contributed by atoms with Crippen molar-refractivity contribution in [1.29, 1.82) is 0 Å². The van der Waals surface area contributed by atoms with Gasteiger partial charge in [0.1, 0.15) is 0 Å². The molecule has 0 saturated heterocycles.